The van der Waals surface area contributed by atoms with Gasteiger partial charge in [0, 0.05) is 23.5 Å². The van der Waals surface area contributed by atoms with Gasteiger partial charge in [0.1, 0.15) is 6.04 Å². The zero-order chi connectivity index (χ0) is 22.3. The van der Waals surface area contributed by atoms with Gasteiger partial charge in [0.25, 0.3) is 0 Å². The number of aryl methyl sites for hydroxylation is 1. The first-order valence-electron chi connectivity index (χ1n) is 9.50. The number of halogens is 6. The summed E-state index contributed by atoms with van der Waals surface area (Å²) in [5, 5.41) is 9.74. The maximum atomic E-state index is 13.3. The lowest BCUT2D eigenvalue weighted by molar-refractivity contribution is -0.142. The summed E-state index contributed by atoms with van der Waals surface area (Å²) in [5.74, 6) is -0.538. The second-order valence-electron chi connectivity index (χ2n) is 7.18. The Balaban J connectivity index is 1.71. The van der Waals surface area contributed by atoms with Crippen molar-refractivity contribution in [3.05, 3.63) is 34.4 Å². The van der Waals surface area contributed by atoms with E-state index in [2.05, 4.69) is 15.5 Å². The maximum Gasteiger partial charge on any atom is 0.435 e. The number of carbonyl (C=O) groups excluding carboxylic acids is 1. The molecule has 0 aliphatic heterocycles. The van der Waals surface area contributed by atoms with E-state index in [1.54, 1.807) is 6.92 Å². The SMILES string of the molecule is CCC(C(=O)NCCn1nc(C(F)(F)F)cc1C)n1nc(C(F)(F)F)c2c1CCC2. The van der Waals surface area contributed by atoms with E-state index in [1.807, 2.05) is 0 Å². The summed E-state index contributed by atoms with van der Waals surface area (Å²) in [7, 11) is 0. The molecule has 0 radical (unpaired) electrons. The summed E-state index contributed by atoms with van der Waals surface area (Å²) < 4.78 is 80.3. The van der Waals surface area contributed by atoms with Crippen LogP contribution in [0.25, 0.3) is 0 Å². The summed E-state index contributed by atoms with van der Waals surface area (Å²) >= 11 is 0. The molecular formula is C18H21F6N5O. The first-order chi connectivity index (χ1) is 13.9. The van der Waals surface area contributed by atoms with Crippen LogP contribution in [0.5, 0.6) is 0 Å². The van der Waals surface area contributed by atoms with Crippen LogP contribution in [-0.4, -0.2) is 32.0 Å². The highest BCUT2D eigenvalue weighted by Crippen LogP contribution is 2.37. The molecule has 1 atom stereocenters. The van der Waals surface area contributed by atoms with Crippen molar-refractivity contribution < 1.29 is 31.1 Å². The summed E-state index contributed by atoms with van der Waals surface area (Å²) in [4.78, 5) is 12.6. The molecule has 2 aromatic rings. The first kappa shape index (κ1) is 22.2. The van der Waals surface area contributed by atoms with Gasteiger partial charge in [0.05, 0.1) is 6.54 Å². The smallest absolute Gasteiger partial charge is 0.352 e. The van der Waals surface area contributed by atoms with E-state index in [0.717, 1.165) is 15.4 Å². The van der Waals surface area contributed by atoms with E-state index in [-0.39, 0.29) is 37.2 Å². The van der Waals surface area contributed by atoms with Crippen LogP contribution < -0.4 is 5.32 Å². The molecule has 1 aliphatic carbocycles. The van der Waals surface area contributed by atoms with Crippen molar-refractivity contribution in [3.8, 4) is 0 Å². The first-order valence-corrected chi connectivity index (χ1v) is 9.50. The summed E-state index contributed by atoms with van der Waals surface area (Å²) in [5.41, 5.74) is -1.14. The van der Waals surface area contributed by atoms with Crippen molar-refractivity contribution in [1.82, 2.24) is 24.9 Å². The van der Waals surface area contributed by atoms with Crippen LogP contribution in [0.1, 0.15) is 54.1 Å². The van der Waals surface area contributed by atoms with Gasteiger partial charge >= 0.3 is 12.4 Å². The van der Waals surface area contributed by atoms with Gasteiger partial charge in [0.15, 0.2) is 11.4 Å². The fourth-order valence-electron chi connectivity index (χ4n) is 3.70. The van der Waals surface area contributed by atoms with Gasteiger partial charge in [-0.25, -0.2) is 0 Å². The van der Waals surface area contributed by atoms with Crippen LogP contribution in [0, 0.1) is 6.92 Å². The summed E-state index contributed by atoms with van der Waals surface area (Å²) in [6.07, 6.45) is -7.70. The topological polar surface area (TPSA) is 64.7 Å². The van der Waals surface area contributed by atoms with Crippen molar-refractivity contribution >= 4 is 5.91 Å². The van der Waals surface area contributed by atoms with Crippen LogP contribution in [0.4, 0.5) is 26.3 Å². The average molecular weight is 437 g/mol. The average Bonchev–Trinajstić information content (AvgIpc) is 3.31. The largest absolute Gasteiger partial charge is 0.435 e. The minimum Gasteiger partial charge on any atom is -0.352 e. The van der Waals surface area contributed by atoms with Gasteiger partial charge in [-0.05, 0) is 38.7 Å². The number of nitrogens with zero attached hydrogens (tertiary/aromatic N) is 4. The molecule has 1 amide bonds. The Morgan fingerprint density at radius 1 is 1.17 bits per heavy atom. The zero-order valence-electron chi connectivity index (χ0n) is 16.4. The number of carbonyl (C=O) groups is 1. The van der Waals surface area contributed by atoms with Crippen LogP contribution in [0.3, 0.4) is 0 Å². The number of amides is 1. The monoisotopic (exact) mass is 437 g/mol. The Labute approximate surface area is 168 Å². The Morgan fingerprint density at radius 3 is 2.43 bits per heavy atom. The summed E-state index contributed by atoms with van der Waals surface area (Å²) in [6, 6.07) is -0.0278. The maximum absolute atomic E-state index is 13.3. The Morgan fingerprint density at radius 2 is 1.87 bits per heavy atom. The molecule has 3 rings (SSSR count). The van der Waals surface area contributed by atoms with E-state index in [0.29, 0.717) is 18.5 Å². The molecule has 12 heteroatoms. The second kappa shape index (κ2) is 7.95. The molecular weight excluding hydrogens is 416 g/mol. The van der Waals surface area contributed by atoms with Crippen molar-refractivity contribution in [2.75, 3.05) is 6.54 Å². The molecule has 1 unspecified atom stereocenters. The molecule has 6 nitrogen and oxygen atoms in total. The van der Waals surface area contributed by atoms with Crippen LogP contribution in [-0.2, 0) is 36.5 Å². The number of alkyl halides is 6. The molecule has 2 aromatic heterocycles. The van der Waals surface area contributed by atoms with Gasteiger partial charge in [-0.2, -0.15) is 36.5 Å². The zero-order valence-corrected chi connectivity index (χ0v) is 16.4. The van der Waals surface area contributed by atoms with E-state index < -0.39 is 35.7 Å². The Hall–Kier alpha value is -2.53. The molecule has 2 heterocycles. The van der Waals surface area contributed by atoms with E-state index >= 15 is 0 Å². The second-order valence-corrected chi connectivity index (χ2v) is 7.18. The van der Waals surface area contributed by atoms with Gasteiger partial charge < -0.3 is 5.32 Å². The van der Waals surface area contributed by atoms with Crippen molar-refractivity contribution in [2.45, 2.75) is 64.5 Å². The molecule has 166 valence electrons. The molecule has 0 saturated heterocycles. The van der Waals surface area contributed by atoms with E-state index in [4.69, 9.17) is 0 Å². The Bertz CT molecular complexity index is 927. The van der Waals surface area contributed by atoms with E-state index in [1.165, 1.54) is 6.92 Å². The van der Waals surface area contributed by atoms with Gasteiger partial charge in [-0.1, -0.05) is 6.92 Å². The fraction of sp³-hybridized carbons (Fsp3) is 0.611. The van der Waals surface area contributed by atoms with Gasteiger partial charge in [0.2, 0.25) is 5.91 Å². The number of rotatable bonds is 6. The molecule has 1 aliphatic rings. The van der Waals surface area contributed by atoms with Gasteiger partial charge in [-0.3, -0.25) is 14.2 Å². The third-order valence-electron chi connectivity index (χ3n) is 5.11. The number of hydrogen-bond acceptors (Lipinski definition) is 3. The third kappa shape index (κ3) is 4.31. The molecule has 1 N–H and O–H groups in total. The highest BCUT2D eigenvalue weighted by atomic mass is 19.4. The normalized spacial score (nSPS) is 15.3. The lowest BCUT2D eigenvalue weighted by Gasteiger charge is -2.18. The predicted molar refractivity (Wildman–Crippen MR) is 93.6 cm³/mol. The quantitative estimate of drug-likeness (QED) is 0.702. The number of nitrogens with one attached hydrogen (secondary N) is 1. The molecule has 0 bridgehead atoms. The van der Waals surface area contributed by atoms with Crippen LogP contribution >= 0.6 is 0 Å². The fourth-order valence-corrected chi connectivity index (χ4v) is 3.70. The summed E-state index contributed by atoms with van der Waals surface area (Å²) in [6.45, 7) is 3.10. The number of aromatic nitrogens is 4. The molecule has 0 saturated carbocycles. The molecule has 0 aromatic carbocycles. The lowest BCUT2D eigenvalue weighted by Crippen LogP contribution is -2.35. The predicted octanol–water partition coefficient (Wildman–Crippen LogP) is 3.68. The minimum absolute atomic E-state index is 0.00486. The molecule has 0 spiro atoms. The van der Waals surface area contributed by atoms with Crippen molar-refractivity contribution in [3.63, 3.8) is 0 Å². The van der Waals surface area contributed by atoms with Crippen molar-refractivity contribution in [1.29, 1.82) is 0 Å². The van der Waals surface area contributed by atoms with E-state index in [9.17, 15) is 31.1 Å². The van der Waals surface area contributed by atoms with Crippen LogP contribution in [0.2, 0.25) is 0 Å². The number of hydrogen-bond donors (Lipinski definition) is 1. The lowest BCUT2D eigenvalue weighted by atomic mass is 10.1. The van der Waals surface area contributed by atoms with Gasteiger partial charge in [-0.15, -0.1) is 0 Å². The highest BCUT2D eigenvalue weighted by Gasteiger charge is 2.41. The van der Waals surface area contributed by atoms with Crippen LogP contribution in [0.15, 0.2) is 6.07 Å². The number of fused-ring (bicyclic) bond motifs is 1. The highest BCUT2D eigenvalue weighted by molar-refractivity contribution is 5.80. The Kier molecular flexibility index (Phi) is 5.87. The standard InChI is InChI=1S/C18H21F6N5O/c1-3-12(29-13-6-4-5-11(13)15(27-29)18(22,23)24)16(30)25-7-8-28-10(2)9-14(26-28)17(19,20)21/h9,12H,3-8H2,1-2H3,(H,25,30). The van der Waals surface area contributed by atoms with Crippen molar-refractivity contribution in [2.24, 2.45) is 0 Å². The molecule has 0 fully saturated rings. The molecule has 30 heavy (non-hydrogen) atoms. The minimum atomic E-state index is -4.59. The third-order valence-corrected chi connectivity index (χ3v) is 5.11.